The van der Waals surface area contributed by atoms with Crippen LogP contribution in [0.1, 0.15) is 22.5 Å². The van der Waals surface area contributed by atoms with Gasteiger partial charge in [0.2, 0.25) is 0 Å². The normalized spacial score (nSPS) is 18.3. The summed E-state index contributed by atoms with van der Waals surface area (Å²) in [5.41, 5.74) is 1.75. The number of amides is 1. The minimum absolute atomic E-state index is 0. The zero-order valence-electron chi connectivity index (χ0n) is 10.5. The Morgan fingerprint density at radius 2 is 2.42 bits per heavy atom. The first kappa shape index (κ1) is 13.8. The van der Waals surface area contributed by atoms with Gasteiger partial charge in [-0.25, -0.2) is 4.98 Å². The molecule has 0 bridgehead atoms. The largest absolute Gasteiger partial charge is 0.348 e. The first-order valence-electron chi connectivity index (χ1n) is 5.97. The van der Waals surface area contributed by atoms with Gasteiger partial charge < -0.3 is 15.2 Å². The van der Waals surface area contributed by atoms with Crippen LogP contribution in [0.15, 0.2) is 16.8 Å². The first-order chi connectivity index (χ1) is 8.74. The average molecular weight is 283 g/mol. The van der Waals surface area contributed by atoms with Crippen LogP contribution < -0.4 is 10.6 Å². The third-order valence-electron chi connectivity index (χ3n) is 3.17. The third-order valence-corrected chi connectivity index (χ3v) is 3.17. The Morgan fingerprint density at radius 3 is 3.16 bits per heavy atom. The van der Waals surface area contributed by atoms with Crippen molar-refractivity contribution in [3.63, 3.8) is 0 Å². The number of halogens is 1. The smallest absolute Gasteiger partial charge is 0.257 e. The summed E-state index contributed by atoms with van der Waals surface area (Å²) in [6, 6.07) is 1.98. The van der Waals surface area contributed by atoms with E-state index in [0.717, 1.165) is 30.6 Å². The second kappa shape index (κ2) is 5.54. The van der Waals surface area contributed by atoms with Crippen LogP contribution in [0.3, 0.4) is 0 Å². The third kappa shape index (κ3) is 2.69. The van der Waals surface area contributed by atoms with Gasteiger partial charge in [0.1, 0.15) is 0 Å². The number of aryl methyl sites for hydroxylation is 1. The molecule has 0 radical (unpaired) electrons. The van der Waals surface area contributed by atoms with Crippen LogP contribution in [-0.4, -0.2) is 35.2 Å². The molecule has 1 unspecified atom stereocenters. The Hall–Kier alpha value is -1.66. The molecule has 2 N–H and O–H groups in total. The summed E-state index contributed by atoms with van der Waals surface area (Å²) < 4.78 is 5.01. The van der Waals surface area contributed by atoms with Crippen molar-refractivity contribution in [3.05, 3.63) is 23.5 Å². The summed E-state index contributed by atoms with van der Waals surface area (Å²) in [5.74, 6) is -0.0984. The topological polar surface area (TPSA) is 80.0 Å². The number of hydrogen-bond donors (Lipinski definition) is 2. The van der Waals surface area contributed by atoms with Gasteiger partial charge in [-0.3, -0.25) is 4.79 Å². The number of fused-ring (bicyclic) bond motifs is 1. The summed E-state index contributed by atoms with van der Waals surface area (Å²) in [4.78, 5) is 16.1. The molecule has 3 heterocycles. The van der Waals surface area contributed by atoms with Gasteiger partial charge in [0.15, 0.2) is 0 Å². The average Bonchev–Trinajstić information content (AvgIpc) is 3.00. The van der Waals surface area contributed by atoms with E-state index in [1.54, 1.807) is 6.07 Å². The highest BCUT2D eigenvalue weighted by Gasteiger charge is 2.18. The molecule has 0 aliphatic carbocycles. The predicted octanol–water partition coefficient (Wildman–Crippen LogP) is 1.04. The Bertz CT molecular complexity index is 592. The highest BCUT2D eigenvalue weighted by Crippen LogP contribution is 2.16. The van der Waals surface area contributed by atoms with Gasteiger partial charge in [-0.1, -0.05) is 5.16 Å². The van der Waals surface area contributed by atoms with Gasteiger partial charge in [0, 0.05) is 18.8 Å². The van der Waals surface area contributed by atoms with Crippen molar-refractivity contribution in [3.8, 4) is 0 Å². The van der Waals surface area contributed by atoms with E-state index >= 15 is 0 Å². The fourth-order valence-corrected chi connectivity index (χ4v) is 2.12. The summed E-state index contributed by atoms with van der Waals surface area (Å²) in [5, 5.41) is 10.8. The quantitative estimate of drug-likeness (QED) is 0.860. The van der Waals surface area contributed by atoms with Crippen LogP contribution in [0, 0.1) is 6.92 Å². The maximum Gasteiger partial charge on any atom is 0.257 e. The van der Waals surface area contributed by atoms with Crippen molar-refractivity contribution < 1.29 is 9.32 Å². The minimum Gasteiger partial charge on any atom is -0.348 e. The van der Waals surface area contributed by atoms with E-state index in [1.165, 1.54) is 6.20 Å². The van der Waals surface area contributed by atoms with Gasteiger partial charge in [-0.15, -0.1) is 12.4 Å². The second-order valence-corrected chi connectivity index (χ2v) is 4.51. The second-order valence-electron chi connectivity index (χ2n) is 4.51. The lowest BCUT2D eigenvalue weighted by atomic mass is 10.2. The lowest BCUT2D eigenvalue weighted by Gasteiger charge is -2.10. The zero-order valence-corrected chi connectivity index (χ0v) is 11.3. The molecule has 0 saturated carbocycles. The molecule has 2 aromatic rings. The molecule has 19 heavy (non-hydrogen) atoms. The van der Waals surface area contributed by atoms with Crippen molar-refractivity contribution in [2.45, 2.75) is 19.4 Å². The molecule has 1 atom stereocenters. The van der Waals surface area contributed by atoms with E-state index < -0.39 is 0 Å². The first-order valence-corrected chi connectivity index (χ1v) is 5.97. The van der Waals surface area contributed by atoms with E-state index in [1.807, 2.05) is 6.92 Å². The standard InChI is InChI=1S/C12H14N4O2.ClH/c1-7-10-4-8(5-14-12(10)18-16-7)11(17)15-9-2-3-13-6-9;/h4-5,9,13H,2-3,6H2,1H3,(H,15,17);1H. The van der Waals surface area contributed by atoms with Crippen LogP contribution in [0.25, 0.3) is 11.1 Å². The number of carbonyl (C=O) groups is 1. The Balaban J connectivity index is 0.00000133. The molecule has 1 aliphatic heterocycles. The maximum absolute atomic E-state index is 12.0. The Morgan fingerprint density at radius 1 is 1.58 bits per heavy atom. The molecule has 1 saturated heterocycles. The lowest BCUT2D eigenvalue weighted by molar-refractivity contribution is 0.0940. The van der Waals surface area contributed by atoms with Crippen molar-refractivity contribution >= 4 is 29.4 Å². The molecule has 102 valence electrons. The summed E-state index contributed by atoms with van der Waals surface area (Å²) in [7, 11) is 0. The highest BCUT2D eigenvalue weighted by atomic mass is 35.5. The number of nitrogens with zero attached hydrogens (tertiary/aromatic N) is 2. The predicted molar refractivity (Wildman–Crippen MR) is 72.5 cm³/mol. The van der Waals surface area contributed by atoms with E-state index in [9.17, 15) is 4.79 Å². The number of pyridine rings is 1. The van der Waals surface area contributed by atoms with Crippen LogP contribution in [0.5, 0.6) is 0 Å². The highest BCUT2D eigenvalue weighted by molar-refractivity contribution is 5.97. The molecule has 1 fully saturated rings. The van der Waals surface area contributed by atoms with Gasteiger partial charge in [0.25, 0.3) is 11.6 Å². The van der Waals surface area contributed by atoms with Gasteiger partial charge in [0.05, 0.1) is 16.6 Å². The molecular weight excluding hydrogens is 268 g/mol. The molecule has 0 spiro atoms. The zero-order chi connectivity index (χ0) is 12.5. The molecular formula is C12H15ClN4O2. The molecule has 1 aliphatic rings. The number of nitrogens with one attached hydrogen (secondary N) is 2. The number of carbonyl (C=O) groups excluding carboxylic acids is 1. The fourth-order valence-electron chi connectivity index (χ4n) is 2.12. The summed E-state index contributed by atoms with van der Waals surface area (Å²) in [6.07, 6.45) is 2.48. The van der Waals surface area contributed by atoms with Crippen LogP contribution in [0.2, 0.25) is 0 Å². The van der Waals surface area contributed by atoms with Gasteiger partial charge >= 0.3 is 0 Å². The van der Waals surface area contributed by atoms with Crippen LogP contribution in [-0.2, 0) is 0 Å². The van der Waals surface area contributed by atoms with E-state index in [0.29, 0.717) is 11.3 Å². The molecule has 6 nitrogen and oxygen atoms in total. The van der Waals surface area contributed by atoms with E-state index in [4.69, 9.17) is 4.52 Å². The van der Waals surface area contributed by atoms with Gasteiger partial charge in [-0.2, -0.15) is 0 Å². The van der Waals surface area contributed by atoms with Crippen molar-refractivity contribution in [2.24, 2.45) is 0 Å². The summed E-state index contributed by atoms with van der Waals surface area (Å²) in [6.45, 7) is 3.61. The number of aromatic nitrogens is 2. The van der Waals surface area contributed by atoms with E-state index in [-0.39, 0.29) is 24.4 Å². The minimum atomic E-state index is -0.0984. The fraction of sp³-hybridized carbons (Fsp3) is 0.417. The lowest BCUT2D eigenvalue weighted by Crippen LogP contribution is -2.36. The molecule has 0 aromatic carbocycles. The molecule has 7 heteroatoms. The van der Waals surface area contributed by atoms with Crippen molar-refractivity contribution in [2.75, 3.05) is 13.1 Å². The molecule has 1 amide bonds. The Labute approximate surface area is 116 Å². The molecule has 2 aromatic heterocycles. The van der Waals surface area contributed by atoms with Crippen molar-refractivity contribution in [1.29, 1.82) is 0 Å². The van der Waals surface area contributed by atoms with E-state index in [2.05, 4.69) is 20.8 Å². The maximum atomic E-state index is 12.0. The van der Waals surface area contributed by atoms with Crippen LogP contribution >= 0.6 is 12.4 Å². The number of hydrogen-bond acceptors (Lipinski definition) is 5. The number of rotatable bonds is 2. The Kier molecular flexibility index (Phi) is 4.01. The van der Waals surface area contributed by atoms with Gasteiger partial charge in [-0.05, 0) is 26.0 Å². The van der Waals surface area contributed by atoms with Crippen LogP contribution in [0.4, 0.5) is 0 Å². The SMILES string of the molecule is Cc1noc2ncc(C(=O)NC3CCNC3)cc12.Cl. The monoisotopic (exact) mass is 282 g/mol. The summed E-state index contributed by atoms with van der Waals surface area (Å²) >= 11 is 0. The van der Waals surface area contributed by atoms with Crippen molar-refractivity contribution in [1.82, 2.24) is 20.8 Å². The molecule has 3 rings (SSSR count).